The zero-order valence-corrected chi connectivity index (χ0v) is 9.58. The summed E-state index contributed by atoms with van der Waals surface area (Å²) in [6, 6.07) is 3.69. The van der Waals surface area contributed by atoms with Crippen LogP contribution in [0.15, 0.2) is 18.2 Å². The van der Waals surface area contributed by atoms with Crippen LogP contribution in [0.5, 0.6) is 0 Å². The molecule has 0 heterocycles. The molecule has 0 amide bonds. The molecule has 0 aliphatic carbocycles. The maximum absolute atomic E-state index is 13.4. The van der Waals surface area contributed by atoms with Gasteiger partial charge in [0.1, 0.15) is 5.82 Å². The van der Waals surface area contributed by atoms with Gasteiger partial charge in [-0.1, -0.05) is 0 Å². The number of halogens is 1. The van der Waals surface area contributed by atoms with Gasteiger partial charge in [-0.2, -0.15) is 0 Å². The predicted molar refractivity (Wildman–Crippen MR) is 59.6 cm³/mol. The first-order valence-electron chi connectivity index (χ1n) is 4.97. The molecule has 0 radical (unpaired) electrons. The Labute approximate surface area is 93.6 Å². The Balaban J connectivity index is 2.80. The van der Waals surface area contributed by atoms with Crippen LogP contribution in [0.2, 0.25) is 0 Å². The second-order valence-corrected chi connectivity index (χ2v) is 4.64. The molecule has 1 rings (SSSR count). The van der Waals surface area contributed by atoms with Crippen molar-refractivity contribution in [3.8, 4) is 0 Å². The molecule has 0 fully saturated rings. The number of nitro groups is 1. The average Bonchev–Trinajstić information content (AvgIpc) is 2.14. The van der Waals surface area contributed by atoms with Gasteiger partial charge in [0, 0.05) is 23.7 Å². The van der Waals surface area contributed by atoms with E-state index < -0.39 is 10.7 Å². The third-order valence-electron chi connectivity index (χ3n) is 2.06. The fourth-order valence-corrected chi connectivity index (χ4v) is 1.15. The van der Waals surface area contributed by atoms with Gasteiger partial charge in [0.25, 0.3) is 5.69 Å². The van der Waals surface area contributed by atoms with Crippen LogP contribution >= 0.6 is 0 Å². The van der Waals surface area contributed by atoms with Crippen LogP contribution in [0.4, 0.5) is 10.1 Å². The van der Waals surface area contributed by atoms with Crippen molar-refractivity contribution in [3.05, 3.63) is 39.7 Å². The molecule has 88 valence electrons. The minimum absolute atomic E-state index is 0.117. The lowest BCUT2D eigenvalue weighted by Gasteiger charge is -2.20. The van der Waals surface area contributed by atoms with Gasteiger partial charge in [0.2, 0.25) is 0 Å². The van der Waals surface area contributed by atoms with E-state index >= 15 is 0 Å². The Morgan fingerprint density at radius 2 is 2.06 bits per heavy atom. The summed E-state index contributed by atoms with van der Waals surface area (Å²) in [7, 11) is 0. The fraction of sp³-hybridized carbons (Fsp3) is 0.455. The molecule has 0 unspecified atom stereocenters. The lowest BCUT2D eigenvalue weighted by atomic mass is 10.1. The van der Waals surface area contributed by atoms with E-state index in [1.54, 1.807) is 0 Å². The summed E-state index contributed by atoms with van der Waals surface area (Å²) >= 11 is 0. The van der Waals surface area contributed by atoms with Gasteiger partial charge in [0.15, 0.2) is 0 Å². The van der Waals surface area contributed by atoms with Crippen molar-refractivity contribution < 1.29 is 9.31 Å². The van der Waals surface area contributed by atoms with Crippen LogP contribution in [-0.2, 0) is 6.54 Å². The minimum atomic E-state index is -0.607. The molecular formula is C11H15FN2O2. The van der Waals surface area contributed by atoms with Crippen LogP contribution in [0.1, 0.15) is 26.3 Å². The Morgan fingerprint density at radius 1 is 1.44 bits per heavy atom. The molecule has 16 heavy (non-hydrogen) atoms. The Kier molecular flexibility index (Phi) is 3.59. The topological polar surface area (TPSA) is 55.2 Å². The van der Waals surface area contributed by atoms with E-state index in [9.17, 15) is 14.5 Å². The Bertz CT molecular complexity index is 399. The van der Waals surface area contributed by atoms with Gasteiger partial charge in [-0.3, -0.25) is 10.1 Å². The van der Waals surface area contributed by atoms with Crippen molar-refractivity contribution in [2.45, 2.75) is 32.9 Å². The summed E-state index contributed by atoms with van der Waals surface area (Å²) in [5.74, 6) is -0.550. The van der Waals surface area contributed by atoms with E-state index in [1.165, 1.54) is 12.1 Å². The van der Waals surface area contributed by atoms with Crippen LogP contribution in [-0.4, -0.2) is 10.5 Å². The van der Waals surface area contributed by atoms with E-state index in [2.05, 4.69) is 5.32 Å². The van der Waals surface area contributed by atoms with Gasteiger partial charge in [-0.25, -0.2) is 4.39 Å². The molecule has 0 aliphatic rings. The van der Waals surface area contributed by atoms with Crippen molar-refractivity contribution in [2.75, 3.05) is 0 Å². The van der Waals surface area contributed by atoms with Gasteiger partial charge in [-0.15, -0.1) is 0 Å². The molecular weight excluding hydrogens is 211 g/mol. The van der Waals surface area contributed by atoms with E-state index in [-0.39, 0.29) is 11.2 Å². The van der Waals surface area contributed by atoms with E-state index in [4.69, 9.17) is 0 Å². The van der Waals surface area contributed by atoms with Crippen molar-refractivity contribution in [2.24, 2.45) is 0 Å². The van der Waals surface area contributed by atoms with Crippen LogP contribution in [0.3, 0.4) is 0 Å². The quantitative estimate of drug-likeness (QED) is 0.636. The third-order valence-corrected chi connectivity index (χ3v) is 2.06. The number of non-ortho nitro benzene ring substituents is 1. The second-order valence-electron chi connectivity index (χ2n) is 4.64. The predicted octanol–water partition coefficient (Wildman–Crippen LogP) is 2.62. The lowest BCUT2D eigenvalue weighted by Crippen LogP contribution is -2.35. The number of nitrogens with zero attached hydrogens (tertiary/aromatic N) is 1. The summed E-state index contributed by atoms with van der Waals surface area (Å²) in [4.78, 5) is 9.80. The normalized spacial score (nSPS) is 11.5. The highest BCUT2D eigenvalue weighted by atomic mass is 19.1. The molecule has 1 aromatic carbocycles. The molecule has 1 N–H and O–H groups in total. The molecule has 5 heteroatoms. The summed E-state index contributed by atoms with van der Waals surface area (Å²) in [6.45, 7) is 6.26. The molecule has 0 saturated carbocycles. The largest absolute Gasteiger partial charge is 0.308 e. The maximum Gasteiger partial charge on any atom is 0.272 e. The van der Waals surface area contributed by atoms with E-state index in [0.717, 1.165) is 6.07 Å². The number of benzene rings is 1. The molecule has 0 saturated heterocycles. The molecule has 0 aromatic heterocycles. The minimum Gasteiger partial charge on any atom is -0.308 e. The first kappa shape index (κ1) is 12.6. The first-order chi connectivity index (χ1) is 7.29. The van der Waals surface area contributed by atoms with Crippen molar-refractivity contribution in [3.63, 3.8) is 0 Å². The van der Waals surface area contributed by atoms with Crippen LogP contribution in [0.25, 0.3) is 0 Å². The smallest absolute Gasteiger partial charge is 0.272 e. The first-order valence-corrected chi connectivity index (χ1v) is 4.97. The summed E-state index contributed by atoms with van der Waals surface area (Å²) < 4.78 is 13.4. The SMILES string of the molecule is CC(C)(C)NCc1ccc([N+](=O)[O-])cc1F. The monoisotopic (exact) mass is 226 g/mol. The van der Waals surface area contributed by atoms with Crippen molar-refractivity contribution in [1.29, 1.82) is 0 Å². The third kappa shape index (κ3) is 3.58. The van der Waals surface area contributed by atoms with Gasteiger partial charge in [-0.05, 0) is 26.8 Å². The van der Waals surface area contributed by atoms with Crippen LogP contribution in [0, 0.1) is 15.9 Å². The number of nitro benzene ring substituents is 1. The van der Waals surface area contributed by atoms with Gasteiger partial charge in [0.05, 0.1) is 11.0 Å². The maximum atomic E-state index is 13.4. The molecule has 0 bridgehead atoms. The highest BCUT2D eigenvalue weighted by molar-refractivity contribution is 5.34. The number of nitrogens with one attached hydrogen (secondary N) is 1. The standard InChI is InChI=1S/C11H15FN2O2/c1-11(2,3)13-7-8-4-5-9(14(15)16)6-10(8)12/h4-6,13H,7H2,1-3H3. The number of rotatable bonds is 3. The van der Waals surface area contributed by atoms with Crippen molar-refractivity contribution in [1.82, 2.24) is 5.32 Å². The van der Waals surface area contributed by atoms with Crippen molar-refractivity contribution >= 4 is 5.69 Å². The molecule has 0 aliphatic heterocycles. The highest BCUT2D eigenvalue weighted by Crippen LogP contribution is 2.17. The molecule has 1 aromatic rings. The average molecular weight is 226 g/mol. The Morgan fingerprint density at radius 3 is 2.50 bits per heavy atom. The van der Waals surface area contributed by atoms with E-state index in [1.807, 2.05) is 20.8 Å². The Hall–Kier alpha value is -1.49. The van der Waals surface area contributed by atoms with Gasteiger partial charge >= 0.3 is 0 Å². The number of hydrogen-bond donors (Lipinski definition) is 1. The zero-order chi connectivity index (χ0) is 12.3. The number of hydrogen-bond acceptors (Lipinski definition) is 3. The molecule has 0 atom stereocenters. The fourth-order valence-electron chi connectivity index (χ4n) is 1.15. The summed E-state index contributed by atoms with van der Waals surface area (Å²) in [5.41, 5.74) is 0.0892. The van der Waals surface area contributed by atoms with Crippen LogP contribution < -0.4 is 5.32 Å². The van der Waals surface area contributed by atoms with E-state index in [0.29, 0.717) is 12.1 Å². The van der Waals surface area contributed by atoms with Gasteiger partial charge < -0.3 is 5.32 Å². The second kappa shape index (κ2) is 4.57. The lowest BCUT2D eigenvalue weighted by molar-refractivity contribution is -0.385. The highest BCUT2D eigenvalue weighted by Gasteiger charge is 2.13. The zero-order valence-electron chi connectivity index (χ0n) is 9.58. The molecule has 4 nitrogen and oxygen atoms in total. The summed E-state index contributed by atoms with van der Waals surface area (Å²) in [5, 5.41) is 13.5. The summed E-state index contributed by atoms with van der Waals surface area (Å²) in [6.07, 6.45) is 0. The molecule has 0 spiro atoms.